The molecule has 0 aliphatic heterocycles. The molecule has 0 aromatic carbocycles. The Balaban J connectivity index is 5.05. The average molecular weight is 248 g/mol. The van der Waals surface area contributed by atoms with E-state index in [1.54, 1.807) is 13.8 Å². The van der Waals surface area contributed by atoms with Crippen molar-refractivity contribution in [3.05, 3.63) is 0 Å². The first-order valence-electron chi connectivity index (χ1n) is 4.61. The van der Waals surface area contributed by atoms with Crippen molar-refractivity contribution in [1.82, 2.24) is 8.61 Å². The fraction of sp³-hybridized carbons (Fsp3) is 0.667. The molecule has 6 nitrogen and oxygen atoms in total. The molecule has 7 heteroatoms. The zero-order chi connectivity index (χ0) is 12.9. The summed E-state index contributed by atoms with van der Waals surface area (Å²) in [7, 11) is -2.43. The SMILES string of the molecule is C#CCN(CC(=O)O)S(=O)(=O)N(C)C(C)C. The molecule has 0 bridgehead atoms. The first kappa shape index (κ1) is 14.9. The maximum atomic E-state index is 11.9. The summed E-state index contributed by atoms with van der Waals surface area (Å²) in [6.45, 7) is 2.48. The standard InChI is InChI=1S/C9H16N2O4S/c1-5-6-11(7-9(12)13)16(14,15)10(4)8(2)3/h1,8H,6-7H2,2-4H3,(H,12,13). The van der Waals surface area contributed by atoms with Gasteiger partial charge in [-0.3, -0.25) is 4.79 Å². The summed E-state index contributed by atoms with van der Waals surface area (Å²) in [5.74, 6) is 0.890. The second-order valence-corrected chi connectivity index (χ2v) is 5.47. The van der Waals surface area contributed by atoms with Crippen LogP contribution in [0.2, 0.25) is 0 Å². The molecule has 0 saturated carbocycles. The molecule has 0 radical (unpaired) electrons. The van der Waals surface area contributed by atoms with Crippen molar-refractivity contribution in [1.29, 1.82) is 0 Å². The van der Waals surface area contributed by atoms with Gasteiger partial charge < -0.3 is 5.11 Å². The third-order valence-electron chi connectivity index (χ3n) is 2.00. The average Bonchev–Trinajstić information content (AvgIpc) is 2.15. The lowest BCUT2D eigenvalue weighted by Gasteiger charge is -2.27. The highest BCUT2D eigenvalue weighted by atomic mass is 32.2. The predicted octanol–water partition coefficient (Wildman–Crippen LogP) is -0.409. The van der Waals surface area contributed by atoms with E-state index in [9.17, 15) is 13.2 Å². The molecule has 0 amide bonds. The third-order valence-corrected chi connectivity index (χ3v) is 4.06. The van der Waals surface area contributed by atoms with Gasteiger partial charge in [0.05, 0.1) is 6.54 Å². The molecule has 0 unspecified atom stereocenters. The van der Waals surface area contributed by atoms with Gasteiger partial charge in [-0.15, -0.1) is 6.42 Å². The first-order valence-corrected chi connectivity index (χ1v) is 6.01. The van der Waals surface area contributed by atoms with Gasteiger partial charge in [0, 0.05) is 13.1 Å². The number of carboxylic acid groups (broad SMARTS) is 1. The molecule has 0 aromatic rings. The van der Waals surface area contributed by atoms with Crippen LogP contribution in [-0.2, 0) is 15.0 Å². The van der Waals surface area contributed by atoms with Crippen LogP contribution in [0, 0.1) is 12.3 Å². The number of rotatable bonds is 6. The van der Waals surface area contributed by atoms with E-state index in [0.29, 0.717) is 0 Å². The van der Waals surface area contributed by atoms with E-state index in [-0.39, 0.29) is 12.6 Å². The zero-order valence-corrected chi connectivity index (χ0v) is 10.4. The molecule has 0 rings (SSSR count). The van der Waals surface area contributed by atoms with Crippen LogP contribution in [-0.4, -0.2) is 54.3 Å². The zero-order valence-electron chi connectivity index (χ0n) is 9.54. The van der Waals surface area contributed by atoms with E-state index in [0.717, 1.165) is 8.61 Å². The first-order chi connectivity index (χ1) is 7.23. The van der Waals surface area contributed by atoms with Crippen molar-refractivity contribution >= 4 is 16.2 Å². The minimum atomic E-state index is -3.81. The lowest BCUT2D eigenvalue weighted by atomic mass is 10.4. The number of terminal acetylenes is 1. The highest BCUT2D eigenvalue weighted by Crippen LogP contribution is 2.09. The number of hydrogen-bond donors (Lipinski definition) is 1. The van der Waals surface area contributed by atoms with E-state index in [1.165, 1.54) is 7.05 Å². The summed E-state index contributed by atoms with van der Waals surface area (Å²) in [6, 6.07) is -0.265. The molecule has 0 fully saturated rings. The molecule has 0 aliphatic carbocycles. The lowest BCUT2D eigenvalue weighted by molar-refractivity contribution is -0.137. The van der Waals surface area contributed by atoms with Gasteiger partial charge in [-0.05, 0) is 13.8 Å². The Morgan fingerprint density at radius 1 is 1.50 bits per heavy atom. The van der Waals surface area contributed by atoms with Crippen LogP contribution in [0.1, 0.15) is 13.8 Å². The molecule has 0 aliphatic rings. The van der Waals surface area contributed by atoms with Crippen LogP contribution in [0.3, 0.4) is 0 Å². The number of carboxylic acids is 1. The molecule has 92 valence electrons. The largest absolute Gasteiger partial charge is 0.480 e. The van der Waals surface area contributed by atoms with Gasteiger partial charge in [0.25, 0.3) is 10.2 Å². The van der Waals surface area contributed by atoms with Gasteiger partial charge in [0.1, 0.15) is 6.54 Å². The number of aliphatic carboxylic acids is 1. The van der Waals surface area contributed by atoms with Gasteiger partial charge in [-0.1, -0.05) is 5.92 Å². The fourth-order valence-corrected chi connectivity index (χ4v) is 2.33. The quantitative estimate of drug-likeness (QED) is 0.648. The van der Waals surface area contributed by atoms with Crippen LogP contribution in [0.15, 0.2) is 0 Å². The summed E-state index contributed by atoms with van der Waals surface area (Å²) in [6.07, 6.45) is 5.01. The summed E-state index contributed by atoms with van der Waals surface area (Å²) in [5, 5.41) is 8.60. The van der Waals surface area contributed by atoms with Crippen LogP contribution in [0.5, 0.6) is 0 Å². The number of hydrogen-bond acceptors (Lipinski definition) is 3. The van der Waals surface area contributed by atoms with Crippen molar-refractivity contribution in [3.8, 4) is 12.3 Å². The molecule has 0 heterocycles. The van der Waals surface area contributed by atoms with E-state index >= 15 is 0 Å². The molecule has 1 N–H and O–H groups in total. The summed E-state index contributed by atoms with van der Waals surface area (Å²) < 4.78 is 25.6. The Bertz CT molecular complexity index is 383. The highest BCUT2D eigenvalue weighted by molar-refractivity contribution is 7.86. The molecule has 0 aromatic heterocycles. The van der Waals surface area contributed by atoms with E-state index in [2.05, 4.69) is 5.92 Å². The number of carbonyl (C=O) groups is 1. The van der Waals surface area contributed by atoms with Gasteiger partial charge in [0.2, 0.25) is 0 Å². The monoisotopic (exact) mass is 248 g/mol. The van der Waals surface area contributed by atoms with E-state index in [4.69, 9.17) is 11.5 Å². The maximum Gasteiger partial charge on any atom is 0.318 e. The Morgan fingerprint density at radius 3 is 2.31 bits per heavy atom. The molecule has 0 atom stereocenters. The number of nitrogens with zero attached hydrogens (tertiary/aromatic N) is 2. The van der Waals surface area contributed by atoms with Crippen molar-refractivity contribution < 1.29 is 18.3 Å². The second-order valence-electron chi connectivity index (χ2n) is 3.48. The Kier molecular flexibility index (Phi) is 5.44. The van der Waals surface area contributed by atoms with Crippen molar-refractivity contribution in [2.75, 3.05) is 20.1 Å². The smallest absolute Gasteiger partial charge is 0.318 e. The highest BCUT2D eigenvalue weighted by Gasteiger charge is 2.29. The Labute approximate surface area is 96.0 Å². The maximum absolute atomic E-state index is 11.9. The van der Waals surface area contributed by atoms with Crippen LogP contribution in [0.4, 0.5) is 0 Å². The lowest BCUT2D eigenvalue weighted by Crippen LogP contribution is -2.46. The minimum absolute atomic E-state index is 0.258. The topological polar surface area (TPSA) is 77.9 Å². The van der Waals surface area contributed by atoms with Gasteiger partial charge in [-0.2, -0.15) is 17.0 Å². The van der Waals surface area contributed by atoms with E-state index < -0.39 is 22.7 Å². The van der Waals surface area contributed by atoms with Crippen LogP contribution in [0.25, 0.3) is 0 Å². The molecule has 16 heavy (non-hydrogen) atoms. The van der Waals surface area contributed by atoms with Crippen molar-refractivity contribution in [2.24, 2.45) is 0 Å². The molecule has 0 saturated heterocycles. The van der Waals surface area contributed by atoms with Crippen molar-refractivity contribution in [2.45, 2.75) is 19.9 Å². The normalized spacial score (nSPS) is 12.1. The van der Waals surface area contributed by atoms with Gasteiger partial charge in [0.15, 0.2) is 0 Å². The third kappa shape index (κ3) is 3.81. The molecular formula is C9H16N2O4S. The summed E-state index contributed by atoms with van der Waals surface area (Å²) in [5.41, 5.74) is 0. The van der Waals surface area contributed by atoms with Crippen LogP contribution >= 0.6 is 0 Å². The summed E-state index contributed by atoms with van der Waals surface area (Å²) >= 11 is 0. The molecular weight excluding hydrogens is 232 g/mol. The predicted molar refractivity (Wildman–Crippen MR) is 59.9 cm³/mol. The molecule has 0 spiro atoms. The van der Waals surface area contributed by atoms with E-state index in [1.807, 2.05) is 0 Å². The second kappa shape index (κ2) is 5.84. The van der Waals surface area contributed by atoms with Crippen molar-refractivity contribution in [3.63, 3.8) is 0 Å². The fourth-order valence-electron chi connectivity index (χ4n) is 0.920. The van der Waals surface area contributed by atoms with Gasteiger partial charge >= 0.3 is 5.97 Å². The minimum Gasteiger partial charge on any atom is -0.480 e. The van der Waals surface area contributed by atoms with Gasteiger partial charge in [-0.25, -0.2) is 0 Å². The Morgan fingerprint density at radius 2 is 2.00 bits per heavy atom. The summed E-state index contributed by atoms with van der Waals surface area (Å²) in [4.78, 5) is 10.5. The Hall–Kier alpha value is -1.10. The van der Waals surface area contributed by atoms with Crippen LogP contribution < -0.4 is 0 Å².